The van der Waals surface area contributed by atoms with E-state index in [1.165, 1.54) is 0 Å². The normalized spacial score (nSPS) is 23.2. The minimum Gasteiger partial charge on any atom is -0.497 e. The van der Waals surface area contributed by atoms with Gasteiger partial charge in [-0.2, -0.15) is 0 Å². The molecule has 31 heavy (non-hydrogen) atoms. The minimum absolute atomic E-state index is 0.0535. The Bertz CT molecular complexity index is 1220. The summed E-state index contributed by atoms with van der Waals surface area (Å²) >= 11 is 0. The maximum absolute atomic E-state index is 13.1. The molecule has 0 spiro atoms. The summed E-state index contributed by atoms with van der Waals surface area (Å²) in [4.78, 5) is 15.1. The van der Waals surface area contributed by atoms with Crippen LogP contribution in [0.5, 0.6) is 17.2 Å². The average molecular weight is 442 g/mol. The summed E-state index contributed by atoms with van der Waals surface area (Å²) in [5.74, 6) is 2.39. The number of Topliss-reactive ketones (excluding diaryl/α,β-unsaturated/α-hetero) is 1. The van der Waals surface area contributed by atoms with Crippen LogP contribution >= 0.6 is 0 Å². The Labute approximate surface area is 181 Å². The third-order valence-electron chi connectivity index (χ3n) is 6.08. The fourth-order valence-corrected chi connectivity index (χ4v) is 6.21. The van der Waals surface area contributed by atoms with Gasteiger partial charge < -0.3 is 14.2 Å². The van der Waals surface area contributed by atoms with Crippen LogP contribution in [0.3, 0.4) is 0 Å². The van der Waals surface area contributed by atoms with Crippen molar-refractivity contribution in [2.45, 2.75) is 25.9 Å². The first-order valence-electron chi connectivity index (χ1n) is 10.2. The summed E-state index contributed by atoms with van der Waals surface area (Å²) in [6.45, 7) is 2.76. The molecule has 0 aromatic heterocycles. The zero-order valence-corrected chi connectivity index (χ0v) is 18.2. The number of carbonyl (C=O) groups is 1. The zero-order valence-electron chi connectivity index (χ0n) is 17.4. The van der Waals surface area contributed by atoms with Gasteiger partial charge in [0.05, 0.1) is 24.2 Å². The summed E-state index contributed by atoms with van der Waals surface area (Å²) in [6, 6.07) is 9.17. The van der Waals surface area contributed by atoms with E-state index < -0.39 is 9.84 Å². The molecule has 162 valence electrons. The molecule has 0 aliphatic carbocycles. The van der Waals surface area contributed by atoms with Crippen LogP contribution in [-0.2, 0) is 16.4 Å². The average Bonchev–Trinajstić information content (AvgIpc) is 3.28. The molecule has 1 fully saturated rings. The highest BCUT2D eigenvalue weighted by atomic mass is 32.2. The van der Waals surface area contributed by atoms with Crippen molar-refractivity contribution >= 4 is 21.7 Å². The maximum Gasteiger partial charge on any atom is 0.231 e. The number of hydrogen-bond acceptors (Lipinski definition) is 7. The van der Waals surface area contributed by atoms with Crippen molar-refractivity contribution in [3.63, 3.8) is 0 Å². The molecular weight excluding hydrogens is 418 g/mol. The van der Waals surface area contributed by atoms with Gasteiger partial charge in [0.25, 0.3) is 0 Å². The largest absolute Gasteiger partial charge is 0.497 e. The highest BCUT2D eigenvalue weighted by molar-refractivity contribution is 7.91. The van der Waals surface area contributed by atoms with Gasteiger partial charge in [-0.15, -0.1) is 0 Å². The summed E-state index contributed by atoms with van der Waals surface area (Å²) in [5.41, 5.74) is 2.98. The van der Waals surface area contributed by atoms with Crippen molar-refractivity contribution in [3.05, 3.63) is 58.3 Å². The van der Waals surface area contributed by atoms with E-state index in [0.717, 1.165) is 16.7 Å². The van der Waals surface area contributed by atoms with Crippen molar-refractivity contribution in [2.75, 3.05) is 25.3 Å². The highest BCUT2D eigenvalue weighted by Crippen LogP contribution is 2.43. The molecule has 3 aliphatic rings. The van der Waals surface area contributed by atoms with E-state index in [4.69, 9.17) is 14.2 Å². The van der Waals surface area contributed by atoms with Crippen LogP contribution in [0, 0.1) is 6.92 Å². The molecule has 0 bridgehead atoms. The van der Waals surface area contributed by atoms with Crippen molar-refractivity contribution in [3.8, 4) is 17.2 Å². The van der Waals surface area contributed by atoms with E-state index in [9.17, 15) is 13.2 Å². The van der Waals surface area contributed by atoms with Crippen molar-refractivity contribution in [2.24, 2.45) is 0 Å². The number of allylic oxidation sites excluding steroid dienone is 1. The summed E-state index contributed by atoms with van der Waals surface area (Å²) < 4.78 is 40.9. The Kier molecular flexibility index (Phi) is 4.79. The molecule has 8 heteroatoms. The van der Waals surface area contributed by atoms with E-state index in [2.05, 4.69) is 0 Å². The zero-order chi connectivity index (χ0) is 21.8. The highest BCUT2D eigenvalue weighted by Gasteiger charge is 2.37. The molecule has 5 rings (SSSR count). The quantitative estimate of drug-likeness (QED) is 0.678. The third kappa shape index (κ3) is 3.59. The molecule has 0 unspecified atom stereocenters. The van der Waals surface area contributed by atoms with Gasteiger partial charge in [-0.25, -0.2) is 8.42 Å². The summed E-state index contributed by atoms with van der Waals surface area (Å²) in [5, 5.41) is 0. The topological polar surface area (TPSA) is 82.1 Å². The first kappa shape index (κ1) is 20.1. The Morgan fingerprint density at radius 2 is 2.06 bits per heavy atom. The number of nitrogens with zero attached hydrogens (tertiary/aromatic N) is 1. The molecule has 0 saturated carbocycles. The number of ether oxygens (including phenoxy) is 3. The molecule has 7 nitrogen and oxygen atoms in total. The Morgan fingerprint density at radius 3 is 2.81 bits per heavy atom. The molecular formula is C23H23NO6S. The standard InChI is InChI=1S/C23H23NO6S/c1-14-22-16(11-24(13-29-22)17-6-7-31(26,27)12-17)10-19-21(25)20(30-23(14)19)9-15-4-3-5-18(8-15)28-2/h3-5,8-10,17H,6-7,11-13H2,1-2H3/b20-9-/t17-/m0/s1. The molecule has 2 aromatic rings. The van der Waals surface area contributed by atoms with Gasteiger partial charge in [-0.1, -0.05) is 12.1 Å². The van der Waals surface area contributed by atoms with Gasteiger partial charge >= 0.3 is 0 Å². The third-order valence-corrected chi connectivity index (χ3v) is 7.83. The van der Waals surface area contributed by atoms with Gasteiger partial charge in [0.2, 0.25) is 5.78 Å². The molecule has 2 aromatic carbocycles. The van der Waals surface area contributed by atoms with Crippen molar-refractivity contribution in [1.82, 2.24) is 4.90 Å². The molecule has 3 aliphatic heterocycles. The Hall–Kier alpha value is -2.84. The fourth-order valence-electron chi connectivity index (χ4n) is 4.45. The second-order valence-corrected chi connectivity index (χ2v) is 10.4. The van der Waals surface area contributed by atoms with Gasteiger partial charge in [0.15, 0.2) is 15.6 Å². The fraction of sp³-hybridized carbons (Fsp3) is 0.348. The van der Waals surface area contributed by atoms with Gasteiger partial charge in [-0.05, 0) is 43.2 Å². The van der Waals surface area contributed by atoms with Crippen LogP contribution in [0.15, 0.2) is 36.1 Å². The number of methoxy groups -OCH3 is 1. The first-order valence-corrected chi connectivity index (χ1v) is 12.0. The second-order valence-electron chi connectivity index (χ2n) is 8.16. The van der Waals surface area contributed by atoms with Crippen LogP contribution in [0.4, 0.5) is 0 Å². The number of sulfone groups is 1. The van der Waals surface area contributed by atoms with Crippen LogP contribution in [0.1, 0.15) is 33.5 Å². The van der Waals surface area contributed by atoms with Crippen molar-refractivity contribution in [1.29, 1.82) is 0 Å². The van der Waals surface area contributed by atoms with E-state index >= 15 is 0 Å². The van der Waals surface area contributed by atoms with Gasteiger partial charge in [0, 0.05) is 23.7 Å². The lowest BCUT2D eigenvalue weighted by molar-refractivity contribution is 0.0637. The van der Waals surface area contributed by atoms with Crippen LogP contribution < -0.4 is 14.2 Å². The lowest BCUT2D eigenvalue weighted by Gasteiger charge is -2.33. The van der Waals surface area contributed by atoms with E-state index in [-0.39, 0.29) is 29.1 Å². The smallest absolute Gasteiger partial charge is 0.231 e. The predicted octanol–water partition coefficient (Wildman–Crippen LogP) is 2.96. The number of benzene rings is 2. The predicted molar refractivity (Wildman–Crippen MR) is 115 cm³/mol. The Morgan fingerprint density at radius 1 is 1.23 bits per heavy atom. The van der Waals surface area contributed by atoms with Gasteiger partial charge in [-0.3, -0.25) is 9.69 Å². The Balaban J connectivity index is 1.44. The first-order chi connectivity index (χ1) is 14.8. The molecule has 1 saturated heterocycles. The van der Waals surface area contributed by atoms with Crippen molar-refractivity contribution < 1.29 is 27.4 Å². The van der Waals surface area contributed by atoms with Crippen LogP contribution in [0.25, 0.3) is 6.08 Å². The van der Waals surface area contributed by atoms with Crippen LogP contribution in [0.2, 0.25) is 0 Å². The molecule has 0 N–H and O–H groups in total. The second kappa shape index (κ2) is 7.39. The molecule has 0 radical (unpaired) electrons. The van der Waals surface area contributed by atoms with E-state index in [0.29, 0.717) is 42.5 Å². The molecule has 1 atom stereocenters. The number of rotatable bonds is 3. The maximum atomic E-state index is 13.1. The summed E-state index contributed by atoms with van der Waals surface area (Å²) in [6.07, 6.45) is 2.32. The monoisotopic (exact) mass is 441 g/mol. The van der Waals surface area contributed by atoms with Gasteiger partial charge in [0.1, 0.15) is 24.0 Å². The number of ketones is 1. The van der Waals surface area contributed by atoms with E-state index in [1.54, 1.807) is 13.2 Å². The number of fused-ring (bicyclic) bond motifs is 2. The number of carbonyl (C=O) groups excluding carboxylic acids is 1. The SMILES string of the molecule is COc1cccc(/C=C2\Oc3c(cc4c(c3C)OCN([C@H]3CCS(=O)(=O)C3)C4)C2=O)c1. The summed E-state index contributed by atoms with van der Waals surface area (Å²) in [7, 11) is -1.38. The lowest BCUT2D eigenvalue weighted by Crippen LogP contribution is -2.41. The van der Waals surface area contributed by atoms with Crippen LogP contribution in [-0.4, -0.2) is 50.5 Å². The molecule has 0 amide bonds. The van der Waals surface area contributed by atoms with E-state index in [1.807, 2.05) is 42.2 Å². The molecule has 3 heterocycles. The number of hydrogen-bond donors (Lipinski definition) is 0. The minimum atomic E-state index is -2.98. The lowest BCUT2D eigenvalue weighted by atomic mass is 9.99.